The number of carbonyl (C=O) groups excluding carboxylic acids is 1. The van der Waals surface area contributed by atoms with Crippen LogP contribution >= 0.6 is 11.6 Å². The van der Waals surface area contributed by atoms with Crippen LogP contribution < -0.4 is 5.32 Å². The summed E-state index contributed by atoms with van der Waals surface area (Å²) in [6.07, 6.45) is 1.89. The number of nitrogens with zero attached hydrogens (tertiary/aromatic N) is 1. The Balaban J connectivity index is 1.47. The zero-order valence-corrected chi connectivity index (χ0v) is 18.3. The fourth-order valence-electron chi connectivity index (χ4n) is 4.69. The molecule has 0 spiro atoms. The molecule has 3 N–H and O–H groups in total. The number of phenols is 1. The third kappa shape index (κ3) is 3.07. The van der Waals surface area contributed by atoms with E-state index in [1.807, 2.05) is 24.3 Å². The number of nitrogens with one attached hydrogen (secondary N) is 1. The highest BCUT2D eigenvalue weighted by Crippen LogP contribution is 2.48. The monoisotopic (exact) mass is 454 g/mol. The lowest BCUT2D eigenvalue weighted by Crippen LogP contribution is -2.47. The molecule has 2 heterocycles. The number of amides is 1. The summed E-state index contributed by atoms with van der Waals surface area (Å²) in [5, 5.41) is 23.4. The van der Waals surface area contributed by atoms with Crippen molar-refractivity contribution in [3.63, 3.8) is 0 Å². The molecule has 2 aliphatic rings. The number of hydrogen-bond donors (Lipinski definition) is 3. The molecule has 2 aromatic carbocycles. The molecule has 0 bridgehead atoms. The second-order valence-electron chi connectivity index (χ2n) is 8.72. The van der Waals surface area contributed by atoms with Crippen LogP contribution in [-0.2, 0) is 27.5 Å². The minimum Gasteiger partial charge on any atom is -0.506 e. The topological polar surface area (TPSA) is 101 Å². The predicted octanol–water partition coefficient (Wildman–Crippen LogP) is 3.70. The molecule has 1 amide bonds. The van der Waals surface area contributed by atoms with E-state index in [1.54, 1.807) is 23.7 Å². The van der Waals surface area contributed by atoms with E-state index in [-0.39, 0.29) is 16.7 Å². The number of rotatable bonds is 5. The Morgan fingerprint density at radius 3 is 2.38 bits per heavy atom. The summed E-state index contributed by atoms with van der Waals surface area (Å²) in [5.41, 5.74) is 1.34. The van der Waals surface area contributed by atoms with Gasteiger partial charge in [-0.15, -0.1) is 0 Å². The van der Waals surface area contributed by atoms with Gasteiger partial charge in [0.05, 0.1) is 28.1 Å². The first-order valence-electron chi connectivity index (χ1n) is 10.5. The van der Waals surface area contributed by atoms with E-state index in [1.165, 1.54) is 6.07 Å². The van der Waals surface area contributed by atoms with Crippen LogP contribution in [0.4, 0.5) is 0 Å². The van der Waals surface area contributed by atoms with Crippen LogP contribution in [0.1, 0.15) is 40.9 Å². The van der Waals surface area contributed by atoms with Gasteiger partial charge < -0.3 is 24.8 Å². The van der Waals surface area contributed by atoms with Crippen molar-refractivity contribution in [2.45, 2.75) is 30.2 Å². The number of halogens is 1. The first kappa shape index (κ1) is 20.8. The van der Waals surface area contributed by atoms with Crippen LogP contribution in [-0.4, -0.2) is 39.9 Å². The zero-order valence-electron chi connectivity index (χ0n) is 17.5. The fraction of sp³-hybridized carbons (Fsp3) is 0.333. The average molecular weight is 455 g/mol. The van der Waals surface area contributed by atoms with E-state index in [9.17, 15) is 19.8 Å². The Morgan fingerprint density at radius 2 is 1.78 bits per heavy atom. The summed E-state index contributed by atoms with van der Waals surface area (Å²) in [4.78, 5) is 25.0. The number of carbonyl (C=O) groups is 2. The highest BCUT2D eigenvalue weighted by Gasteiger charge is 2.52. The Kier molecular flexibility index (Phi) is 4.72. The number of ether oxygens (including phenoxy) is 1. The van der Waals surface area contributed by atoms with Gasteiger partial charge in [-0.1, -0.05) is 35.9 Å². The number of carboxylic acid groups (broad SMARTS) is 1. The molecule has 5 rings (SSSR count). The summed E-state index contributed by atoms with van der Waals surface area (Å²) in [6.45, 7) is 0.837. The molecule has 1 saturated carbocycles. The van der Waals surface area contributed by atoms with Gasteiger partial charge in [0.25, 0.3) is 5.91 Å². The Labute approximate surface area is 189 Å². The van der Waals surface area contributed by atoms with Gasteiger partial charge in [0.2, 0.25) is 0 Å². The number of aromatic nitrogens is 1. The van der Waals surface area contributed by atoms with E-state index in [4.69, 9.17) is 16.3 Å². The van der Waals surface area contributed by atoms with Crippen LogP contribution in [0, 0.1) is 0 Å². The third-order valence-corrected chi connectivity index (χ3v) is 7.29. The van der Waals surface area contributed by atoms with Crippen molar-refractivity contribution in [3.8, 4) is 5.75 Å². The van der Waals surface area contributed by atoms with Gasteiger partial charge in [0.15, 0.2) is 0 Å². The predicted molar refractivity (Wildman–Crippen MR) is 119 cm³/mol. The van der Waals surface area contributed by atoms with Crippen LogP contribution in [0.5, 0.6) is 5.75 Å². The lowest BCUT2D eigenvalue weighted by atomic mass is 9.86. The van der Waals surface area contributed by atoms with Crippen molar-refractivity contribution < 1.29 is 24.5 Å². The maximum atomic E-state index is 13.3. The van der Waals surface area contributed by atoms with E-state index >= 15 is 0 Å². The minimum atomic E-state index is -0.794. The average Bonchev–Trinajstić information content (AvgIpc) is 3.35. The number of benzene rings is 2. The maximum Gasteiger partial charge on any atom is 0.314 e. The first-order valence-corrected chi connectivity index (χ1v) is 10.9. The van der Waals surface area contributed by atoms with Crippen molar-refractivity contribution in [1.29, 1.82) is 0 Å². The Hall–Kier alpha value is -3.03. The lowest BCUT2D eigenvalue weighted by molar-refractivity contribution is -0.140. The van der Waals surface area contributed by atoms with Crippen LogP contribution in [0.2, 0.25) is 5.02 Å². The molecule has 166 valence electrons. The van der Waals surface area contributed by atoms with Gasteiger partial charge in [-0.2, -0.15) is 0 Å². The van der Waals surface area contributed by atoms with Crippen molar-refractivity contribution >= 4 is 34.4 Å². The third-order valence-electron chi connectivity index (χ3n) is 6.90. The SMILES string of the molecule is Cn1c(C(=O)NC2(c3ccc(C4(C(=O)O)CC4)cc3)CCOC2)cc2c(Cl)c(O)ccc21. The highest BCUT2D eigenvalue weighted by molar-refractivity contribution is 6.37. The summed E-state index contributed by atoms with van der Waals surface area (Å²) in [7, 11) is 1.78. The fourth-order valence-corrected chi connectivity index (χ4v) is 4.90. The Morgan fingerprint density at radius 1 is 1.09 bits per heavy atom. The standard InChI is InChI=1S/C24H23ClN2O5/c1-27-17-6-7-19(28)20(25)16(17)12-18(27)21(29)26-24(10-11-32-13-24)15-4-2-14(3-5-15)23(8-9-23)22(30)31/h2-7,12,28H,8-11,13H2,1H3,(H,26,29)(H,30,31). The summed E-state index contributed by atoms with van der Waals surface area (Å²) in [5.74, 6) is -1.11. The zero-order chi connectivity index (χ0) is 22.7. The van der Waals surface area contributed by atoms with E-state index < -0.39 is 16.9 Å². The lowest BCUT2D eigenvalue weighted by Gasteiger charge is -2.30. The second kappa shape index (κ2) is 7.25. The molecule has 1 unspecified atom stereocenters. The van der Waals surface area contributed by atoms with E-state index in [0.717, 1.165) is 16.6 Å². The quantitative estimate of drug-likeness (QED) is 0.545. The molecule has 1 aliphatic carbocycles. The number of aromatic hydroxyl groups is 1. The van der Waals surface area contributed by atoms with Gasteiger partial charge in [0, 0.05) is 25.5 Å². The van der Waals surface area contributed by atoms with Crippen molar-refractivity contribution in [3.05, 3.63) is 64.3 Å². The minimum absolute atomic E-state index is 0.0349. The molecule has 32 heavy (non-hydrogen) atoms. The second-order valence-corrected chi connectivity index (χ2v) is 9.10. The van der Waals surface area contributed by atoms with Gasteiger partial charge >= 0.3 is 5.97 Å². The number of carboxylic acids is 1. The van der Waals surface area contributed by atoms with E-state index in [2.05, 4.69) is 5.32 Å². The van der Waals surface area contributed by atoms with Gasteiger partial charge in [0.1, 0.15) is 11.4 Å². The summed E-state index contributed by atoms with van der Waals surface area (Å²) < 4.78 is 7.40. The van der Waals surface area contributed by atoms with Crippen molar-refractivity contribution in [2.24, 2.45) is 7.05 Å². The molecule has 3 aromatic rings. The van der Waals surface area contributed by atoms with Crippen LogP contribution in [0.25, 0.3) is 10.9 Å². The molecule has 1 atom stereocenters. The molecule has 0 radical (unpaired) electrons. The van der Waals surface area contributed by atoms with Crippen molar-refractivity contribution in [1.82, 2.24) is 9.88 Å². The number of phenolic OH excluding ortho intramolecular Hbond substituents is 1. The number of aliphatic carboxylic acids is 1. The molecular formula is C24H23ClN2O5. The summed E-state index contributed by atoms with van der Waals surface area (Å²) in [6, 6.07) is 12.4. The number of fused-ring (bicyclic) bond motifs is 1. The molecule has 1 saturated heterocycles. The smallest absolute Gasteiger partial charge is 0.314 e. The molecule has 1 aliphatic heterocycles. The molecule has 8 heteroatoms. The summed E-state index contributed by atoms with van der Waals surface area (Å²) >= 11 is 6.23. The Bertz CT molecular complexity index is 1240. The number of hydrogen-bond acceptors (Lipinski definition) is 4. The van der Waals surface area contributed by atoms with Gasteiger partial charge in [-0.25, -0.2) is 0 Å². The largest absolute Gasteiger partial charge is 0.506 e. The highest BCUT2D eigenvalue weighted by atomic mass is 35.5. The molecule has 7 nitrogen and oxygen atoms in total. The van der Waals surface area contributed by atoms with Gasteiger partial charge in [-0.3, -0.25) is 9.59 Å². The molecule has 1 aromatic heterocycles. The molecule has 2 fully saturated rings. The van der Waals surface area contributed by atoms with Crippen molar-refractivity contribution in [2.75, 3.05) is 13.2 Å². The van der Waals surface area contributed by atoms with E-state index in [0.29, 0.717) is 43.6 Å². The normalized spacial score (nSPS) is 21.6. The molecular weight excluding hydrogens is 432 g/mol. The first-order chi connectivity index (χ1) is 15.3. The van der Waals surface area contributed by atoms with Gasteiger partial charge in [-0.05, 0) is 42.2 Å². The maximum absolute atomic E-state index is 13.3. The number of aryl methyl sites for hydroxylation is 1. The van der Waals surface area contributed by atoms with Crippen LogP contribution in [0.15, 0.2) is 42.5 Å². The van der Waals surface area contributed by atoms with Crippen LogP contribution in [0.3, 0.4) is 0 Å².